The molecule has 2 aliphatic rings. The van der Waals surface area contributed by atoms with Crippen LogP contribution in [-0.4, -0.2) is 22.4 Å². The molecule has 5 unspecified atom stereocenters. The van der Waals surface area contributed by atoms with E-state index in [2.05, 4.69) is 52.8 Å². The highest BCUT2D eigenvalue weighted by molar-refractivity contribution is 5.21. The highest BCUT2D eigenvalue weighted by Gasteiger charge is 2.40. The fourth-order valence-electron chi connectivity index (χ4n) is 5.31. The van der Waals surface area contributed by atoms with Crippen molar-refractivity contribution in [1.29, 1.82) is 0 Å². The summed E-state index contributed by atoms with van der Waals surface area (Å²) in [5.74, 6) is 2.41. The van der Waals surface area contributed by atoms with E-state index in [0.717, 1.165) is 70.0 Å². The van der Waals surface area contributed by atoms with Gasteiger partial charge >= 0.3 is 0 Å². The average molecular weight is 448 g/mol. The van der Waals surface area contributed by atoms with Gasteiger partial charge in [0.15, 0.2) is 0 Å². The molecule has 1 aliphatic carbocycles. The smallest absolute Gasteiger partial charge is 0.106 e. The second-order valence-electron chi connectivity index (χ2n) is 11.8. The number of hydrogen-bond donors (Lipinski definition) is 1. The summed E-state index contributed by atoms with van der Waals surface area (Å²) in [5, 5.41) is 13.8. The van der Waals surface area contributed by atoms with Gasteiger partial charge in [-0.15, -0.1) is 0 Å². The summed E-state index contributed by atoms with van der Waals surface area (Å²) >= 11 is 0. The second kappa shape index (κ2) is 11.8. The molecular formula is C28H49NO3. The third-order valence-corrected chi connectivity index (χ3v) is 8.09. The van der Waals surface area contributed by atoms with Crippen molar-refractivity contribution in [2.45, 2.75) is 136 Å². The number of allylic oxidation sites excluding steroid dienone is 3. The van der Waals surface area contributed by atoms with Crippen LogP contribution in [0.2, 0.25) is 0 Å². The third kappa shape index (κ3) is 7.71. The summed E-state index contributed by atoms with van der Waals surface area (Å²) in [5.41, 5.74) is 2.23. The van der Waals surface area contributed by atoms with E-state index in [9.17, 15) is 10.0 Å². The molecule has 0 amide bonds. The van der Waals surface area contributed by atoms with E-state index in [1.165, 1.54) is 17.6 Å². The summed E-state index contributed by atoms with van der Waals surface area (Å²) in [6.07, 6.45) is 13.1. The maximum atomic E-state index is 11.4. The zero-order chi connectivity index (χ0) is 23.9. The van der Waals surface area contributed by atoms with E-state index >= 15 is 0 Å². The largest absolute Gasteiger partial charge is 0.492 e. The maximum Gasteiger partial charge on any atom is 0.106 e. The number of nitrogens with zero attached hydrogens (tertiary/aromatic N) is 1. The van der Waals surface area contributed by atoms with E-state index in [1.807, 2.05) is 6.92 Å². The lowest BCUT2D eigenvalue weighted by molar-refractivity contribution is -0.0493. The van der Waals surface area contributed by atoms with Gasteiger partial charge in [-0.25, -0.2) is 0 Å². The maximum absolute atomic E-state index is 11.4. The lowest BCUT2D eigenvalue weighted by atomic mass is 9.75. The van der Waals surface area contributed by atoms with Crippen LogP contribution >= 0.6 is 0 Å². The summed E-state index contributed by atoms with van der Waals surface area (Å²) in [6, 6.07) is 0. The molecule has 4 heteroatoms. The predicted molar refractivity (Wildman–Crippen MR) is 134 cm³/mol. The normalized spacial score (nSPS) is 30.7. The summed E-state index contributed by atoms with van der Waals surface area (Å²) in [6.45, 7) is 15.3. The molecule has 0 aromatic rings. The molecule has 1 aliphatic heterocycles. The summed E-state index contributed by atoms with van der Waals surface area (Å²) in [7, 11) is 0. The van der Waals surface area contributed by atoms with Crippen LogP contribution in [0, 0.1) is 22.7 Å². The Morgan fingerprint density at radius 3 is 2.66 bits per heavy atom. The molecule has 2 rings (SSSR count). The van der Waals surface area contributed by atoms with E-state index in [1.54, 1.807) is 0 Å². The van der Waals surface area contributed by atoms with Crippen LogP contribution in [0.1, 0.15) is 119 Å². The zero-order valence-electron chi connectivity index (χ0n) is 21.9. The molecular weight excluding hydrogens is 398 g/mol. The number of nitroso groups, excluding NO2 is 1. The van der Waals surface area contributed by atoms with Crippen LogP contribution in [0.5, 0.6) is 0 Å². The number of hydrogen-bond acceptors (Lipinski definition) is 4. The molecule has 0 saturated carbocycles. The van der Waals surface area contributed by atoms with Gasteiger partial charge in [-0.1, -0.05) is 57.4 Å². The van der Waals surface area contributed by atoms with E-state index in [0.29, 0.717) is 11.8 Å². The Labute approximate surface area is 197 Å². The van der Waals surface area contributed by atoms with Crippen molar-refractivity contribution in [3.8, 4) is 0 Å². The van der Waals surface area contributed by atoms with Crippen LogP contribution in [0.4, 0.5) is 0 Å². The van der Waals surface area contributed by atoms with Gasteiger partial charge in [-0.05, 0) is 96.0 Å². The molecule has 0 fully saturated rings. The molecule has 0 saturated heterocycles. The fourth-order valence-corrected chi connectivity index (χ4v) is 5.31. The molecule has 4 nitrogen and oxygen atoms in total. The SMILES string of the molecule is C/C(=C\CCC1(C)CCC2=C(O1)C(C)C(C)C(O)C2)CCCC(C)(CCCC(C)C)N=O. The van der Waals surface area contributed by atoms with Gasteiger partial charge in [0.2, 0.25) is 0 Å². The van der Waals surface area contributed by atoms with Crippen molar-refractivity contribution in [2.75, 3.05) is 0 Å². The molecule has 0 bridgehead atoms. The van der Waals surface area contributed by atoms with Gasteiger partial charge in [-0.3, -0.25) is 0 Å². The first-order chi connectivity index (χ1) is 15.0. The molecule has 1 heterocycles. The van der Waals surface area contributed by atoms with Gasteiger partial charge in [0, 0.05) is 5.92 Å². The lowest BCUT2D eigenvalue weighted by Gasteiger charge is -2.44. The van der Waals surface area contributed by atoms with Crippen LogP contribution in [0.25, 0.3) is 0 Å². The molecule has 0 aromatic carbocycles. The van der Waals surface area contributed by atoms with E-state index in [4.69, 9.17) is 4.74 Å². The first kappa shape index (κ1) is 27.1. The standard InChI is InChI=1S/C28H49NO3/c1-20(2)11-8-15-27(6,29-31)16-9-12-21(3)13-10-17-28(7)18-14-24-19-25(30)22(4)23(5)26(24)32-28/h13,20,22-23,25,30H,8-12,14-19H2,1-7H3/b21-13+. The highest BCUT2D eigenvalue weighted by atomic mass is 16.5. The first-order valence-electron chi connectivity index (χ1n) is 13.1. The van der Waals surface area contributed by atoms with Crippen molar-refractivity contribution < 1.29 is 9.84 Å². The Morgan fingerprint density at radius 1 is 1.31 bits per heavy atom. The molecule has 5 atom stereocenters. The number of aliphatic hydroxyl groups is 1. The molecule has 0 aromatic heterocycles. The van der Waals surface area contributed by atoms with Gasteiger partial charge in [0.25, 0.3) is 0 Å². The fraction of sp³-hybridized carbons (Fsp3) is 0.857. The predicted octanol–water partition coefficient (Wildman–Crippen LogP) is 8.09. The molecule has 0 radical (unpaired) electrons. The van der Waals surface area contributed by atoms with Gasteiger partial charge < -0.3 is 9.84 Å². The van der Waals surface area contributed by atoms with Crippen molar-refractivity contribution in [3.63, 3.8) is 0 Å². The molecule has 1 N–H and O–H groups in total. The van der Waals surface area contributed by atoms with Crippen molar-refractivity contribution in [1.82, 2.24) is 0 Å². The second-order valence-corrected chi connectivity index (χ2v) is 11.8. The quantitative estimate of drug-likeness (QED) is 0.243. The van der Waals surface area contributed by atoms with Gasteiger partial charge in [0.1, 0.15) is 5.60 Å². The average Bonchev–Trinajstić information content (AvgIpc) is 2.72. The lowest BCUT2D eigenvalue weighted by Crippen LogP contribution is -2.40. The Morgan fingerprint density at radius 2 is 2.00 bits per heavy atom. The van der Waals surface area contributed by atoms with Crippen LogP contribution in [0.3, 0.4) is 0 Å². The van der Waals surface area contributed by atoms with Crippen molar-refractivity contribution >= 4 is 0 Å². The Kier molecular flexibility index (Phi) is 10.00. The van der Waals surface area contributed by atoms with Gasteiger partial charge in [-0.2, -0.15) is 4.91 Å². The third-order valence-electron chi connectivity index (χ3n) is 8.09. The Bertz CT molecular complexity index is 682. The monoisotopic (exact) mass is 447 g/mol. The first-order valence-corrected chi connectivity index (χ1v) is 13.1. The van der Waals surface area contributed by atoms with Crippen LogP contribution in [0.15, 0.2) is 28.2 Å². The number of ether oxygens (including phenoxy) is 1. The van der Waals surface area contributed by atoms with E-state index in [-0.39, 0.29) is 17.6 Å². The minimum Gasteiger partial charge on any atom is -0.492 e. The highest BCUT2D eigenvalue weighted by Crippen LogP contribution is 2.45. The van der Waals surface area contributed by atoms with Crippen LogP contribution < -0.4 is 0 Å². The minimum atomic E-state index is -0.411. The zero-order valence-corrected chi connectivity index (χ0v) is 21.9. The topological polar surface area (TPSA) is 58.9 Å². The molecule has 0 spiro atoms. The number of rotatable bonds is 12. The van der Waals surface area contributed by atoms with Gasteiger partial charge in [0.05, 0.1) is 17.4 Å². The molecule has 184 valence electrons. The number of aliphatic hydroxyl groups excluding tert-OH is 1. The Balaban J connectivity index is 1.78. The van der Waals surface area contributed by atoms with E-state index < -0.39 is 5.54 Å². The summed E-state index contributed by atoms with van der Waals surface area (Å²) < 4.78 is 6.58. The molecule has 32 heavy (non-hydrogen) atoms. The minimum absolute atomic E-state index is 0.109. The van der Waals surface area contributed by atoms with Crippen LogP contribution in [-0.2, 0) is 4.74 Å². The Hall–Kier alpha value is -1.16. The summed E-state index contributed by atoms with van der Waals surface area (Å²) in [4.78, 5) is 11.4. The van der Waals surface area contributed by atoms with Crippen molar-refractivity contribution in [3.05, 3.63) is 27.9 Å². The van der Waals surface area contributed by atoms with Crippen molar-refractivity contribution in [2.24, 2.45) is 22.9 Å².